The molecule has 30 heavy (non-hydrogen) atoms. The van der Waals surface area contributed by atoms with Crippen LogP contribution in [0.4, 0.5) is 5.95 Å². The van der Waals surface area contributed by atoms with Gasteiger partial charge in [0.2, 0.25) is 11.9 Å². The van der Waals surface area contributed by atoms with E-state index in [1.54, 1.807) is 0 Å². The van der Waals surface area contributed by atoms with Gasteiger partial charge >= 0.3 is 0 Å². The minimum absolute atomic E-state index is 0.107. The Labute approximate surface area is 181 Å². The topological polar surface area (TPSA) is 72.3 Å². The molecule has 0 bridgehead atoms. The highest BCUT2D eigenvalue weighted by Gasteiger charge is 2.42. The monoisotopic (exact) mass is 427 g/mol. The number of morpholine rings is 1. The standard InChI is InChI=1S/C22H29N5O2S/c1-15-3-2-4-18(13-15)27-21(26-9-11-29-12-10-26)24-25-22(27)30-14-19(28)23-20(16-5-6-16)17-7-8-17/h2-4,13,16-17,20H,5-12,14H2,1H3,(H,23,28). The largest absolute Gasteiger partial charge is 0.378 e. The number of nitrogens with one attached hydrogen (secondary N) is 1. The van der Waals surface area contributed by atoms with Crippen LogP contribution in [0.2, 0.25) is 0 Å². The van der Waals surface area contributed by atoms with Crippen molar-refractivity contribution in [1.29, 1.82) is 0 Å². The molecule has 0 radical (unpaired) electrons. The first-order valence-corrected chi connectivity index (χ1v) is 11.9. The quantitative estimate of drug-likeness (QED) is 0.653. The van der Waals surface area contributed by atoms with Crippen LogP contribution in [0.5, 0.6) is 0 Å². The van der Waals surface area contributed by atoms with Crippen LogP contribution in [0.1, 0.15) is 31.2 Å². The Balaban J connectivity index is 1.33. The van der Waals surface area contributed by atoms with Crippen molar-refractivity contribution in [3.63, 3.8) is 0 Å². The van der Waals surface area contributed by atoms with E-state index >= 15 is 0 Å². The van der Waals surface area contributed by atoms with E-state index in [1.807, 2.05) is 6.07 Å². The van der Waals surface area contributed by atoms with E-state index in [1.165, 1.54) is 43.0 Å². The highest BCUT2D eigenvalue weighted by molar-refractivity contribution is 7.99. The van der Waals surface area contributed by atoms with E-state index in [9.17, 15) is 4.79 Å². The van der Waals surface area contributed by atoms with Gasteiger partial charge in [-0.2, -0.15) is 0 Å². The minimum atomic E-state index is 0.107. The molecule has 2 saturated carbocycles. The van der Waals surface area contributed by atoms with Crippen LogP contribution < -0.4 is 10.2 Å². The number of nitrogens with zero attached hydrogens (tertiary/aromatic N) is 4. The molecule has 1 aromatic heterocycles. The number of carbonyl (C=O) groups is 1. The number of rotatable bonds is 8. The van der Waals surface area contributed by atoms with Crippen molar-refractivity contribution < 1.29 is 9.53 Å². The third kappa shape index (κ3) is 4.49. The highest BCUT2D eigenvalue weighted by atomic mass is 32.2. The lowest BCUT2D eigenvalue weighted by atomic mass is 10.1. The van der Waals surface area contributed by atoms with Gasteiger partial charge in [-0.25, -0.2) is 0 Å². The zero-order valence-electron chi connectivity index (χ0n) is 17.4. The number of hydrogen-bond donors (Lipinski definition) is 1. The van der Waals surface area contributed by atoms with Gasteiger partial charge in [-0.15, -0.1) is 10.2 Å². The lowest BCUT2D eigenvalue weighted by molar-refractivity contribution is -0.119. The molecule has 0 unspecified atom stereocenters. The van der Waals surface area contributed by atoms with Gasteiger partial charge in [-0.3, -0.25) is 9.36 Å². The second kappa shape index (κ2) is 8.59. The summed E-state index contributed by atoms with van der Waals surface area (Å²) in [5.74, 6) is 2.70. The summed E-state index contributed by atoms with van der Waals surface area (Å²) in [5.41, 5.74) is 2.21. The highest BCUT2D eigenvalue weighted by Crippen LogP contribution is 2.44. The van der Waals surface area contributed by atoms with Crippen molar-refractivity contribution in [2.75, 3.05) is 37.0 Å². The number of amides is 1. The van der Waals surface area contributed by atoms with Gasteiger partial charge in [-0.1, -0.05) is 23.9 Å². The Morgan fingerprint density at radius 2 is 1.93 bits per heavy atom. The first-order chi connectivity index (χ1) is 14.7. The number of anilines is 1. The fourth-order valence-electron chi connectivity index (χ4n) is 4.21. The summed E-state index contributed by atoms with van der Waals surface area (Å²) in [6, 6.07) is 8.72. The molecule has 0 spiro atoms. The molecular formula is C22H29N5O2S. The summed E-state index contributed by atoms with van der Waals surface area (Å²) in [4.78, 5) is 14.9. The molecule has 3 aliphatic rings. The maximum absolute atomic E-state index is 12.7. The lowest BCUT2D eigenvalue weighted by Crippen LogP contribution is -2.39. The molecule has 5 rings (SSSR count). The Morgan fingerprint density at radius 3 is 2.60 bits per heavy atom. The number of aromatic nitrogens is 3. The Hall–Kier alpha value is -2.06. The molecule has 2 aromatic rings. The van der Waals surface area contributed by atoms with E-state index < -0.39 is 0 Å². The van der Waals surface area contributed by atoms with Crippen LogP contribution in [0.3, 0.4) is 0 Å². The summed E-state index contributed by atoms with van der Waals surface area (Å²) < 4.78 is 7.58. The molecule has 0 atom stereocenters. The van der Waals surface area contributed by atoms with Crippen molar-refractivity contribution in [3.05, 3.63) is 29.8 Å². The molecule has 2 heterocycles. The van der Waals surface area contributed by atoms with E-state index in [4.69, 9.17) is 4.74 Å². The van der Waals surface area contributed by atoms with Gasteiger partial charge < -0.3 is 15.0 Å². The predicted molar refractivity (Wildman–Crippen MR) is 117 cm³/mol. The van der Waals surface area contributed by atoms with E-state index in [-0.39, 0.29) is 5.91 Å². The predicted octanol–water partition coefficient (Wildman–Crippen LogP) is 2.81. The number of carbonyl (C=O) groups excluding carboxylic acids is 1. The van der Waals surface area contributed by atoms with Crippen LogP contribution in [0.15, 0.2) is 29.4 Å². The van der Waals surface area contributed by atoms with Crippen LogP contribution in [-0.4, -0.2) is 58.8 Å². The van der Waals surface area contributed by atoms with Gasteiger partial charge in [-0.05, 0) is 62.1 Å². The fraction of sp³-hybridized carbons (Fsp3) is 0.591. The Morgan fingerprint density at radius 1 is 1.20 bits per heavy atom. The average Bonchev–Trinajstić information content (AvgIpc) is 3.69. The molecule has 1 aliphatic heterocycles. The molecule has 1 amide bonds. The summed E-state index contributed by atoms with van der Waals surface area (Å²) in [7, 11) is 0. The number of hydrogen-bond acceptors (Lipinski definition) is 6. The first kappa shape index (κ1) is 19.9. The number of thioether (sulfide) groups is 1. The van der Waals surface area contributed by atoms with Crippen molar-refractivity contribution in [1.82, 2.24) is 20.1 Å². The molecule has 8 heteroatoms. The minimum Gasteiger partial charge on any atom is -0.378 e. The van der Waals surface area contributed by atoms with E-state index in [0.29, 0.717) is 36.8 Å². The second-order valence-electron chi connectivity index (χ2n) is 8.61. The smallest absolute Gasteiger partial charge is 0.232 e. The number of benzene rings is 1. The summed E-state index contributed by atoms with van der Waals surface area (Å²) in [6.45, 7) is 5.04. The molecule has 1 N–H and O–H groups in total. The van der Waals surface area contributed by atoms with Crippen molar-refractivity contribution >= 4 is 23.6 Å². The maximum Gasteiger partial charge on any atom is 0.232 e. The molecule has 1 aromatic carbocycles. The molecule has 160 valence electrons. The van der Waals surface area contributed by atoms with Gasteiger partial charge in [0.1, 0.15) is 0 Å². The molecule has 3 fully saturated rings. The average molecular weight is 428 g/mol. The van der Waals surface area contributed by atoms with Crippen LogP contribution in [0.25, 0.3) is 5.69 Å². The van der Waals surface area contributed by atoms with Gasteiger partial charge in [0.25, 0.3) is 0 Å². The van der Waals surface area contributed by atoms with Gasteiger partial charge in [0, 0.05) is 19.1 Å². The van der Waals surface area contributed by atoms with Gasteiger partial charge in [0.05, 0.1) is 24.7 Å². The normalized spacial score (nSPS) is 19.3. The molecular weight excluding hydrogens is 398 g/mol. The lowest BCUT2D eigenvalue weighted by Gasteiger charge is -2.28. The van der Waals surface area contributed by atoms with Crippen LogP contribution >= 0.6 is 11.8 Å². The Kier molecular flexibility index (Phi) is 5.69. The second-order valence-corrected chi connectivity index (χ2v) is 9.56. The van der Waals surface area contributed by atoms with E-state index in [2.05, 4.69) is 50.1 Å². The van der Waals surface area contributed by atoms with Crippen LogP contribution in [0, 0.1) is 18.8 Å². The maximum atomic E-state index is 12.7. The zero-order chi connectivity index (χ0) is 20.5. The third-order valence-electron chi connectivity index (χ3n) is 6.09. The molecule has 1 saturated heterocycles. The van der Waals surface area contributed by atoms with Crippen LogP contribution in [-0.2, 0) is 9.53 Å². The SMILES string of the molecule is Cc1cccc(-n2c(SCC(=O)NC(C3CC3)C3CC3)nnc2N2CCOCC2)c1. The molecule has 7 nitrogen and oxygen atoms in total. The summed E-state index contributed by atoms with van der Waals surface area (Å²) in [5, 5.41) is 13.0. The number of ether oxygens (including phenoxy) is 1. The first-order valence-electron chi connectivity index (χ1n) is 11.0. The van der Waals surface area contributed by atoms with Crippen molar-refractivity contribution in [2.45, 2.75) is 43.8 Å². The zero-order valence-corrected chi connectivity index (χ0v) is 18.2. The van der Waals surface area contributed by atoms with Crippen molar-refractivity contribution in [2.24, 2.45) is 11.8 Å². The van der Waals surface area contributed by atoms with Gasteiger partial charge in [0.15, 0.2) is 5.16 Å². The number of aryl methyl sites for hydroxylation is 1. The summed E-state index contributed by atoms with van der Waals surface area (Å²) in [6.07, 6.45) is 5.05. The Bertz CT molecular complexity index is 891. The molecule has 2 aliphatic carbocycles. The van der Waals surface area contributed by atoms with Crippen molar-refractivity contribution in [3.8, 4) is 5.69 Å². The fourth-order valence-corrected chi connectivity index (χ4v) is 4.96. The third-order valence-corrected chi connectivity index (χ3v) is 7.02. The summed E-state index contributed by atoms with van der Waals surface area (Å²) >= 11 is 1.47. The van der Waals surface area contributed by atoms with E-state index in [0.717, 1.165) is 29.9 Å².